The van der Waals surface area contributed by atoms with Crippen molar-refractivity contribution < 1.29 is 18.4 Å². The number of fused-ring (bicyclic) bond motifs is 2. The Bertz CT molecular complexity index is 1480. The van der Waals surface area contributed by atoms with Crippen LogP contribution in [0.5, 0.6) is 0 Å². The van der Waals surface area contributed by atoms with Gasteiger partial charge in [0.15, 0.2) is 17.5 Å². The lowest BCUT2D eigenvalue weighted by Gasteiger charge is -2.09. The molecule has 0 saturated carbocycles. The highest BCUT2D eigenvalue weighted by Gasteiger charge is 2.18. The smallest absolute Gasteiger partial charge is 0.346 e. The summed E-state index contributed by atoms with van der Waals surface area (Å²) in [5.74, 6) is -0.394. The van der Waals surface area contributed by atoms with Crippen LogP contribution in [-0.4, -0.2) is 21.5 Å². The van der Waals surface area contributed by atoms with Crippen LogP contribution in [0.25, 0.3) is 21.8 Å². The number of aromatic nitrogens is 2. The van der Waals surface area contributed by atoms with Crippen molar-refractivity contribution in [2.24, 2.45) is 0 Å². The first-order valence-corrected chi connectivity index (χ1v) is 9.63. The number of rotatable bonds is 5. The Morgan fingerprint density at radius 1 is 0.839 bits per heavy atom. The van der Waals surface area contributed by atoms with Crippen LogP contribution in [0.1, 0.15) is 59.2 Å². The van der Waals surface area contributed by atoms with Crippen LogP contribution in [0.2, 0.25) is 0 Å². The molecule has 0 fully saturated rings. The normalized spacial score (nSPS) is 12.2. The number of hydrogen-bond donors (Lipinski definition) is 0. The van der Waals surface area contributed by atoms with Gasteiger partial charge < -0.3 is 8.83 Å². The third-order valence-corrected chi connectivity index (χ3v) is 5.03. The Morgan fingerprint density at radius 2 is 1.35 bits per heavy atom. The van der Waals surface area contributed by atoms with E-state index in [1.165, 1.54) is 26.0 Å². The van der Waals surface area contributed by atoms with Gasteiger partial charge in [-0.05, 0) is 50.2 Å². The summed E-state index contributed by atoms with van der Waals surface area (Å²) < 4.78 is 10.7. The molecule has 1 atom stereocenters. The molecular formula is C23H18N2O6. The van der Waals surface area contributed by atoms with E-state index in [0.717, 1.165) is 0 Å². The summed E-state index contributed by atoms with van der Waals surface area (Å²) in [5.41, 5.74) is 0.427. The summed E-state index contributed by atoms with van der Waals surface area (Å²) in [6.45, 7) is 4.60. The topological polar surface area (TPSA) is 120 Å². The summed E-state index contributed by atoms with van der Waals surface area (Å²) in [6.07, 6.45) is 0.173. The molecule has 0 aliphatic heterocycles. The van der Waals surface area contributed by atoms with Crippen molar-refractivity contribution in [2.45, 2.75) is 33.1 Å². The summed E-state index contributed by atoms with van der Waals surface area (Å²) in [4.78, 5) is 56.6. The van der Waals surface area contributed by atoms with Crippen LogP contribution in [0.3, 0.4) is 0 Å². The van der Waals surface area contributed by atoms with Gasteiger partial charge in [0.1, 0.15) is 0 Å². The minimum Gasteiger partial charge on any atom is -0.408 e. The molecule has 4 aromatic rings. The highest BCUT2D eigenvalue weighted by Crippen LogP contribution is 2.21. The van der Waals surface area contributed by atoms with Gasteiger partial charge in [0.05, 0.1) is 21.8 Å². The molecule has 1 unspecified atom stereocenters. The van der Waals surface area contributed by atoms with Crippen molar-refractivity contribution in [1.29, 1.82) is 0 Å². The summed E-state index contributed by atoms with van der Waals surface area (Å²) in [7, 11) is 0. The quantitative estimate of drug-likeness (QED) is 0.452. The molecule has 2 aromatic heterocycles. The van der Waals surface area contributed by atoms with Crippen LogP contribution in [0, 0.1) is 0 Å². The SMILES string of the molecule is CC(=O)c1ccc2nc(CC(C)c3nc4ccc(C(C)=O)cc4c(=O)o3)oc(=O)c2c1. The van der Waals surface area contributed by atoms with Gasteiger partial charge in [-0.15, -0.1) is 0 Å². The molecule has 0 amide bonds. The number of carbonyl (C=O) groups is 2. The molecule has 0 aliphatic rings. The Kier molecular flexibility index (Phi) is 5.06. The standard InChI is InChI=1S/C23H18N2O6/c1-11(21-25-19-7-5-15(13(3)27)10-17(19)23(29)31-21)8-20-24-18-6-4-14(12(2)26)9-16(18)22(28)30-20/h4-7,9-11H,8H2,1-3H3. The second-order valence-electron chi connectivity index (χ2n) is 7.42. The van der Waals surface area contributed by atoms with E-state index in [-0.39, 0.29) is 40.5 Å². The maximum Gasteiger partial charge on any atom is 0.346 e. The maximum absolute atomic E-state index is 12.4. The maximum atomic E-state index is 12.4. The molecule has 8 heteroatoms. The Balaban J connectivity index is 1.68. The molecule has 0 bridgehead atoms. The van der Waals surface area contributed by atoms with Crippen LogP contribution >= 0.6 is 0 Å². The van der Waals surface area contributed by atoms with Crippen molar-refractivity contribution in [3.05, 3.63) is 80.1 Å². The van der Waals surface area contributed by atoms with E-state index in [9.17, 15) is 19.2 Å². The van der Waals surface area contributed by atoms with E-state index in [1.807, 2.05) is 0 Å². The zero-order chi connectivity index (χ0) is 22.3. The number of benzene rings is 2. The molecule has 0 saturated heterocycles. The Hall–Kier alpha value is -3.94. The van der Waals surface area contributed by atoms with Crippen molar-refractivity contribution in [3.8, 4) is 0 Å². The van der Waals surface area contributed by atoms with E-state index in [1.54, 1.807) is 31.2 Å². The van der Waals surface area contributed by atoms with Crippen molar-refractivity contribution in [1.82, 2.24) is 9.97 Å². The average Bonchev–Trinajstić information content (AvgIpc) is 2.73. The first-order chi connectivity index (χ1) is 14.7. The third kappa shape index (κ3) is 3.92. The fourth-order valence-electron chi connectivity index (χ4n) is 3.29. The molecule has 31 heavy (non-hydrogen) atoms. The fourth-order valence-corrected chi connectivity index (χ4v) is 3.29. The second kappa shape index (κ2) is 7.71. The van der Waals surface area contributed by atoms with Crippen molar-refractivity contribution in [2.75, 3.05) is 0 Å². The van der Waals surface area contributed by atoms with E-state index < -0.39 is 17.2 Å². The van der Waals surface area contributed by atoms with Crippen molar-refractivity contribution in [3.63, 3.8) is 0 Å². The molecule has 156 valence electrons. The Labute approximate surface area is 175 Å². The van der Waals surface area contributed by atoms with Gasteiger partial charge in [0.25, 0.3) is 0 Å². The minimum atomic E-state index is -0.598. The third-order valence-electron chi connectivity index (χ3n) is 5.03. The predicted octanol–water partition coefficient (Wildman–Crippen LogP) is 3.44. The summed E-state index contributed by atoms with van der Waals surface area (Å²) in [6, 6.07) is 9.32. The lowest BCUT2D eigenvalue weighted by molar-refractivity contribution is 0.100. The lowest BCUT2D eigenvalue weighted by Crippen LogP contribution is -2.12. The molecule has 0 radical (unpaired) electrons. The van der Waals surface area contributed by atoms with E-state index in [4.69, 9.17) is 8.83 Å². The van der Waals surface area contributed by atoms with E-state index >= 15 is 0 Å². The number of ketones is 2. The highest BCUT2D eigenvalue weighted by molar-refractivity contribution is 5.98. The zero-order valence-corrected chi connectivity index (χ0v) is 17.1. The lowest BCUT2D eigenvalue weighted by atomic mass is 10.1. The van der Waals surface area contributed by atoms with Crippen LogP contribution in [-0.2, 0) is 6.42 Å². The average molecular weight is 418 g/mol. The van der Waals surface area contributed by atoms with Gasteiger partial charge in [0.2, 0.25) is 5.89 Å². The monoisotopic (exact) mass is 418 g/mol. The van der Waals surface area contributed by atoms with Gasteiger partial charge in [-0.3, -0.25) is 9.59 Å². The molecule has 0 N–H and O–H groups in total. The second-order valence-corrected chi connectivity index (χ2v) is 7.42. The van der Waals surface area contributed by atoms with Gasteiger partial charge in [0, 0.05) is 23.5 Å². The molecule has 8 nitrogen and oxygen atoms in total. The van der Waals surface area contributed by atoms with Crippen LogP contribution in [0.15, 0.2) is 54.8 Å². The first-order valence-electron chi connectivity index (χ1n) is 9.63. The first kappa shape index (κ1) is 20.3. The fraction of sp³-hybridized carbons (Fsp3) is 0.217. The predicted molar refractivity (Wildman–Crippen MR) is 113 cm³/mol. The number of Topliss-reactive ketones (excluding diaryl/α,β-unsaturated/α-hetero) is 2. The molecular weight excluding hydrogens is 400 g/mol. The van der Waals surface area contributed by atoms with Gasteiger partial charge >= 0.3 is 11.3 Å². The molecule has 4 rings (SSSR count). The summed E-state index contributed by atoms with van der Waals surface area (Å²) >= 11 is 0. The van der Waals surface area contributed by atoms with Crippen LogP contribution < -0.4 is 11.3 Å². The summed E-state index contributed by atoms with van der Waals surface area (Å²) in [5, 5.41) is 0.445. The molecule has 0 aliphatic carbocycles. The van der Waals surface area contributed by atoms with Gasteiger partial charge in [-0.2, -0.15) is 0 Å². The number of carbonyl (C=O) groups excluding carboxylic acids is 2. The number of nitrogens with zero attached hydrogens (tertiary/aromatic N) is 2. The molecule has 2 heterocycles. The van der Waals surface area contributed by atoms with Gasteiger partial charge in [-0.25, -0.2) is 19.6 Å². The van der Waals surface area contributed by atoms with Crippen molar-refractivity contribution >= 4 is 33.4 Å². The Morgan fingerprint density at radius 3 is 1.90 bits per heavy atom. The highest BCUT2D eigenvalue weighted by atomic mass is 16.4. The minimum absolute atomic E-state index is 0.160. The number of hydrogen-bond acceptors (Lipinski definition) is 8. The van der Waals surface area contributed by atoms with E-state index in [2.05, 4.69) is 9.97 Å². The van der Waals surface area contributed by atoms with E-state index in [0.29, 0.717) is 22.2 Å². The zero-order valence-electron chi connectivity index (χ0n) is 17.1. The van der Waals surface area contributed by atoms with Crippen LogP contribution in [0.4, 0.5) is 0 Å². The largest absolute Gasteiger partial charge is 0.408 e. The van der Waals surface area contributed by atoms with Gasteiger partial charge in [-0.1, -0.05) is 6.92 Å². The molecule has 2 aromatic carbocycles. The molecule has 0 spiro atoms.